The van der Waals surface area contributed by atoms with E-state index in [1.54, 1.807) is 42.7 Å². The number of carbonyl (C=O) groups is 1. The maximum absolute atomic E-state index is 14.5. The molecule has 198 valence electrons. The number of rotatable bonds is 7. The van der Waals surface area contributed by atoms with Crippen molar-refractivity contribution in [2.75, 3.05) is 31.6 Å². The third-order valence-electron chi connectivity index (χ3n) is 6.91. The van der Waals surface area contributed by atoms with Gasteiger partial charge in [0.1, 0.15) is 24.3 Å². The molecule has 1 fully saturated rings. The second-order valence-corrected chi connectivity index (χ2v) is 9.44. The average Bonchev–Trinajstić information content (AvgIpc) is 2.93. The van der Waals surface area contributed by atoms with Gasteiger partial charge >= 0.3 is 0 Å². The van der Waals surface area contributed by atoms with E-state index in [0.29, 0.717) is 66.5 Å². The molecule has 2 aromatic heterocycles. The van der Waals surface area contributed by atoms with Gasteiger partial charge in [-0.05, 0) is 42.0 Å². The minimum Gasteiger partial charge on any atom is -0.486 e. The quantitative estimate of drug-likeness (QED) is 0.456. The summed E-state index contributed by atoms with van der Waals surface area (Å²) in [5.41, 5.74) is 1.63. The van der Waals surface area contributed by atoms with Gasteiger partial charge in [0.15, 0.2) is 5.82 Å². The van der Waals surface area contributed by atoms with Crippen LogP contribution in [0, 0.1) is 5.82 Å². The molecule has 1 spiro atoms. The van der Waals surface area contributed by atoms with E-state index >= 15 is 0 Å². The van der Waals surface area contributed by atoms with Crippen LogP contribution in [-0.4, -0.2) is 64.3 Å². The third kappa shape index (κ3) is 5.57. The molecule has 2 aliphatic rings. The number of aliphatic hydroxyl groups is 1. The molecule has 0 aliphatic carbocycles. The van der Waals surface area contributed by atoms with Gasteiger partial charge in [-0.25, -0.2) is 4.39 Å². The summed E-state index contributed by atoms with van der Waals surface area (Å²) in [7, 11) is 1.45. The van der Waals surface area contributed by atoms with Crippen molar-refractivity contribution in [3.05, 3.63) is 77.5 Å². The first-order valence-corrected chi connectivity index (χ1v) is 12.5. The number of ether oxygens (including phenoxy) is 1. The normalized spacial score (nSPS) is 18.0. The number of piperidine rings is 1. The number of nitrogens with zero attached hydrogens (tertiary/aromatic N) is 5. The number of oxime groups is 1. The van der Waals surface area contributed by atoms with Gasteiger partial charge in [-0.1, -0.05) is 11.2 Å². The Hall–Kier alpha value is -4.12. The first-order valence-electron chi connectivity index (χ1n) is 12.5. The van der Waals surface area contributed by atoms with Crippen LogP contribution in [0.4, 0.5) is 10.2 Å². The van der Waals surface area contributed by atoms with Crippen LogP contribution in [0.1, 0.15) is 42.2 Å². The van der Waals surface area contributed by atoms with Crippen molar-refractivity contribution in [1.29, 1.82) is 0 Å². The summed E-state index contributed by atoms with van der Waals surface area (Å²) in [4.78, 5) is 23.4. The van der Waals surface area contributed by atoms with Gasteiger partial charge < -0.3 is 24.9 Å². The molecule has 1 aromatic carbocycles. The maximum atomic E-state index is 14.5. The first-order chi connectivity index (χ1) is 18.5. The Morgan fingerprint density at radius 3 is 2.71 bits per heavy atom. The average molecular weight is 521 g/mol. The predicted molar refractivity (Wildman–Crippen MR) is 137 cm³/mol. The number of pyridine rings is 1. The van der Waals surface area contributed by atoms with Crippen molar-refractivity contribution in [3.8, 4) is 5.75 Å². The van der Waals surface area contributed by atoms with Crippen molar-refractivity contribution in [1.82, 2.24) is 20.5 Å². The molecule has 3 aromatic rings. The van der Waals surface area contributed by atoms with E-state index in [4.69, 9.17) is 9.57 Å². The van der Waals surface area contributed by atoms with E-state index in [9.17, 15) is 14.3 Å². The van der Waals surface area contributed by atoms with Gasteiger partial charge in [-0.3, -0.25) is 9.78 Å². The summed E-state index contributed by atoms with van der Waals surface area (Å²) < 4.78 is 20.8. The molecule has 2 N–H and O–H groups in total. The Bertz CT molecular complexity index is 1300. The number of hydrogen-bond acceptors (Lipinski definition) is 9. The predicted octanol–water partition coefficient (Wildman–Crippen LogP) is 2.58. The van der Waals surface area contributed by atoms with Gasteiger partial charge in [0.05, 0.1) is 29.5 Å². The number of carbonyl (C=O) groups excluding carboxylic acids is 1. The fourth-order valence-electron chi connectivity index (χ4n) is 4.90. The van der Waals surface area contributed by atoms with Crippen LogP contribution in [0.25, 0.3) is 0 Å². The molecular formula is C27H29FN6O4. The zero-order chi connectivity index (χ0) is 26.5. The van der Waals surface area contributed by atoms with E-state index in [2.05, 4.69) is 30.6 Å². The standard InChI is InChI=1S/C27H29FN6O4/c1-37-33-21-16-27(38-23-4-2-3-20(28)26(21)23)9-13-34(14-10-27)24-6-5-19(31-32-24)15-25(36)30-17-22(35)18-7-11-29-12-8-18/h2-8,11-12,22,35H,9-10,13-17H2,1H3,(H,30,36). The second-order valence-electron chi connectivity index (χ2n) is 9.44. The SMILES string of the molecule is CON=C1CC2(CCN(c3ccc(CC(=O)NCC(O)c4ccncc4)nn3)CC2)Oc2cccc(F)c21. The molecule has 5 rings (SSSR count). The number of nitrogens with one attached hydrogen (secondary N) is 1. The molecule has 4 heterocycles. The van der Waals surface area contributed by atoms with Crippen LogP contribution in [-0.2, 0) is 16.1 Å². The number of amides is 1. The first kappa shape index (κ1) is 25.5. The summed E-state index contributed by atoms with van der Waals surface area (Å²) >= 11 is 0. The lowest BCUT2D eigenvalue weighted by atomic mass is 9.82. The highest BCUT2D eigenvalue weighted by Gasteiger charge is 2.43. The minimum atomic E-state index is -0.810. The highest BCUT2D eigenvalue weighted by molar-refractivity contribution is 6.04. The largest absolute Gasteiger partial charge is 0.486 e. The molecule has 2 aliphatic heterocycles. The van der Waals surface area contributed by atoms with E-state index < -0.39 is 11.7 Å². The van der Waals surface area contributed by atoms with Crippen LogP contribution >= 0.6 is 0 Å². The topological polar surface area (TPSA) is 122 Å². The summed E-state index contributed by atoms with van der Waals surface area (Å²) in [6, 6.07) is 11.8. The Balaban J connectivity index is 1.16. The molecule has 38 heavy (non-hydrogen) atoms. The molecule has 10 nitrogen and oxygen atoms in total. The van der Waals surface area contributed by atoms with Crippen molar-refractivity contribution in [3.63, 3.8) is 0 Å². The Labute approximate surface area is 219 Å². The Morgan fingerprint density at radius 2 is 2.00 bits per heavy atom. The fourth-order valence-corrected chi connectivity index (χ4v) is 4.90. The van der Waals surface area contributed by atoms with Crippen molar-refractivity contribution < 1.29 is 23.9 Å². The van der Waals surface area contributed by atoms with Gasteiger partial charge in [0.25, 0.3) is 0 Å². The summed E-state index contributed by atoms with van der Waals surface area (Å²) in [6.07, 6.45) is 4.27. The van der Waals surface area contributed by atoms with Gasteiger partial charge in [0.2, 0.25) is 5.91 Å². The van der Waals surface area contributed by atoms with E-state index in [0.717, 1.165) is 0 Å². The van der Waals surface area contributed by atoms with Crippen LogP contribution in [0.3, 0.4) is 0 Å². The molecule has 0 saturated carbocycles. The monoisotopic (exact) mass is 520 g/mol. The fraction of sp³-hybridized carbons (Fsp3) is 0.370. The summed E-state index contributed by atoms with van der Waals surface area (Å²) in [5.74, 6) is 0.570. The number of aliphatic hydroxyl groups excluding tert-OH is 1. The lowest BCUT2D eigenvalue weighted by molar-refractivity contribution is -0.121. The van der Waals surface area contributed by atoms with Crippen LogP contribution in [0.5, 0.6) is 5.75 Å². The van der Waals surface area contributed by atoms with Crippen molar-refractivity contribution in [2.24, 2.45) is 5.16 Å². The third-order valence-corrected chi connectivity index (χ3v) is 6.91. The van der Waals surface area contributed by atoms with E-state index in [1.165, 1.54) is 13.2 Å². The smallest absolute Gasteiger partial charge is 0.226 e. The number of benzene rings is 1. The molecule has 0 bridgehead atoms. The number of anilines is 1. The number of aromatic nitrogens is 3. The molecule has 0 radical (unpaired) electrons. The molecule has 1 amide bonds. The van der Waals surface area contributed by atoms with E-state index in [1.807, 2.05) is 6.07 Å². The minimum absolute atomic E-state index is 0.0604. The van der Waals surface area contributed by atoms with Gasteiger partial charge in [-0.2, -0.15) is 5.10 Å². The molecule has 1 saturated heterocycles. The highest BCUT2D eigenvalue weighted by atomic mass is 19.1. The summed E-state index contributed by atoms with van der Waals surface area (Å²) in [5, 5.41) is 25.6. The molecular weight excluding hydrogens is 491 g/mol. The van der Waals surface area contributed by atoms with Crippen molar-refractivity contribution in [2.45, 2.75) is 37.4 Å². The number of fused-ring (bicyclic) bond motifs is 1. The number of halogens is 1. The lowest BCUT2D eigenvalue weighted by Crippen LogP contribution is -2.51. The molecule has 1 unspecified atom stereocenters. The Kier molecular flexibility index (Phi) is 7.45. The second kappa shape index (κ2) is 11.1. The lowest BCUT2D eigenvalue weighted by Gasteiger charge is -2.44. The highest BCUT2D eigenvalue weighted by Crippen LogP contribution is 2.41. The maximum Gasteiger partial charge on any atom is 0.226 e. The van der Waals surface area contributed by atoms with Crippen LogP contribution in [0.2, 0.25) is 0 Å². The summed E-state index contributed by atoms with van der Waals surface area (Å²) in [6.45, 7) is 1.44. The molecule has 1 atom stereocenters. The Morgan fingerprint density at radius 1 is 1.21 bits per heavy atom. The van der Waals surface area contributed by atoms with Crippen molar-refractivity contribution >= 4 is 17.4 Å². The van der Waals surface area contributed by atoms with Gasteiger partial charge in [-0.15, -0.1) is 5.10 Å². The van der Waals surface area contributed by atoms with E-state index in [-0.39, 0.29) is 24.7 Å². The van der Waals surface area contributed by atoms with Gasteiger partial charge in [0, 0.05) is 51.3 Å². The van der Waals surface area contributed by atoms with Crippen LogP contribution in [0.15, 0.2) is 60.0 Å². The zero-order valence-electron chi connectivity index (χ0n) is 21.0. The number of hydrogen-bond donors (Lipinski definition) is 2. The molecule has 11 heteroatoms. The zero-order valence-corrected chi connectivity index (χ0v) is 21.0. The van der Waals surface area contributed by atoms with Crippen LogP contribution < -0.4 is 15.0 Å².